The van der Waals surface area contributed by atoms with Crippen molar-refractivity contribution in [2.24, 2.45) is 28.0 Å². The van der Waals surface area contributed by atoms with Gasteiger partial charge in [-0.15, -0.1) is 5.11 Å². The fraction of sp³-hybridized carbons (Fsp3) is 0.462. The number of hydrogen-bond acceptors (Lipinski definition) is 6. The van der Waals surface area contributed by atoms with Crippen molar-refractivity contribution >= 4 is 28.9 Å². The molecule has 0 saturated heterocycles. The van der Waals surface area contributed by atoms with Crippen LogP contribution in [0.25, 0.3) is 0 Å². The molecule has 4 atom stereocenters. The number of amides is 1. The molecule has 33 heavy (non-hydrogen) atoms. The lowest BCUT2D eigenvalue weighted by molar-refractivity contribution is -0.125. The lowest BCUT2D eigenvalue weighted by Crippen LogP contribution is -2.42. The van der Waals surface area contributed by atoms with Crippen molar-refractivity contribution in [2.45, 2.75) is 38.6 Å². The van der Waals surface area contributed by atoms with Gasteiger partial charge in [-0.25, -0.2) is 4.79 Å². The predicted molar refractivity (Wildman–Crippen MR) is 128 cm³/mol. The average molecular weight is 449 g/mol. The SMILES string of the molecule is C[C@@H](NC(=O)COC(=O)c1ccccc1N=Nc1ccc(N(C)C)cc1)[C@H]1C[C@H]2CC[C@H]1C2. The molecule has 1 N–H and O–H groups in total. The molecule has 2 aliphatic carbocycles. The summed E-state index contributed by atoms with van der Waals surface area (Å²) in [7, 11) is 3.94. The summed E-state index contributed by atoms with van der Waals surface area (Å²) < 4.78 is 5.29. The van der Waals surface area contributed by atoms with E-state index in [0.29, 0.717) is 17.3 Å². The maximum Gasteiger partial charge on any atom is 0.340 e. The van der Waals surface area contributed by atoms with Gasteiger partial charge < -0.3 is 15.0 Å². The van der Waals surface area contributed by atoms with Gasteiger partial charge in [-0.05, 0) is 80.3 Å². The Morgan fingerprint density at radius 3 is 2.48 bits per heavy atom. The van der Waals surface area contributed by atoms with Crippen LogP contribution < -0.4 is 10.2 Å². The third-order valence-corrected chi connectivity index (χ3v) is 6.92. The molecule has 2 aliphatic rings. The smallest absolute Gasteiger partial charge is 0.340 e. The van der Waals surface area contributed by atoms with Crippen LogP contribution in [0.4, 0.5) is 17.1 Å². The number of carbonyl (C=O) groups is 2. The lowest BCUT2D eigenvalue weighted by atomic mass is 9.84. The molecule has 2 saturated carbocycles. The summed E-state index contributed by atoms with van der Waals surface area (Å²) in [6.45, 7) is 1.76. The van der Waals surface area contributed by atoms with Crippen LogP contribution in [0.3, 0.4) is 0 Å². The number of azo groups is 1. The second-order valence-electron chi connectivity index (χ2n) is 9.40. The van der Waals surface area contributed by atoms with Crippen molar-refractivity contribution < 1.29 is 14.3 Å². The van der Waals surface area contributed by atoms with Crippen molar-refractivity contribution in [3.63, 3.8) is 0 Å². The van der Waals surface area contributed by atoms with Crippen molar-refractivity contribution in [1.82, 2.24) is 5.32 Å². The van der Waals surface area contributed by atoms with Gasteiger partial charge in [-0.1, -0.05) is 18.6 Å². The molecule has 174 valence electrons. The number of esters is 1. The molecule has 4 rings (SSSR count). The molecule has 2 bridgehead atoms. The van der Waals surface area contributed by atoms with Gasteiger partial charge in [0.05, 0.1) is 11.3 Å². The number of fused-ring (bicyclic) bond motifs is 2. The highest BCUT2D eigenvalue weighted by atomic mass is 16.5. The molecule has 7 nitrogen and oxygen atoms in total. The van der Waals surface area contributed by atoms with E-state index in [4.69, 9.17) is 4.74 Å². The Morgan fingerprint density at radius 1 is 1.06 bits per heavy atom. The maximum atomic E-state index is 12.6. The molecule has 7 heteroatoms. The summed E-state index contributed by atoms with van der Waals surface area (Å²) in [4.78, 5) is 27.0. The van der Waals surface area contributed by atoms with Gasteiger partial charge >= 0.3 is 5.97 Å². The minimum atomic E-state index is -0.588. The van der Waals surface area contributed by atoms with E-state index in [9.17, 15) is 9.59 Å². The first-order valence-corrected chi connectivity index (χ1v) is 11.7. The van der Waals surface area contributed by atoms with Crippen LogP contribution in [-0.4, -0.2) is 38.6 Å². The molecule has 0 unspecified atom stereocenters. The van der Waals surface area contributed by atoms with E-state index in [-0.39, 0.29) is 24.1 Å². The van der Waals surface area contributed by atoms with Crippen LogP contribution in [0, 0.1) is 17.8 Å². The molecule has 2 fully saturated rings. The van der Waals surface area contributed by atoms with Crippen LogP contribution in [-0.2, 0) is 9.53 Å². The van der Waals surface area contributed by atoms with E-state index in [2.05, 4.69) is 22.5 Å². The quantitative estimate of drug-likeness (QED) is 0.441. The van der Waals surface area contributed by atoms with Gasteiger partial charge in [0.15, 0.2) is 6.61 Å². The highest BCUT2D eigenvalue weighted by molar-refractivity contribution is 5.96. The number of nitrogens with one attached hydrogen (secondary N) is 1. The van der Waals surface area contributed by atoms with E-state index in [1.165, 1.54) is 25.7 Å². The molecule has 0 aliphatic heterocycles. The van der Waals surface area contributed by atoms with Gasteiger partial charge in [-0.2, -0.15) is 5.11 Å². The molecule has 2 aromatic carbocycles. The first-order valence-electron chi connectivity index (χ1n) is 11.7. The van der Waals surface area contributed by atoms with Gasteiger partial charge in [-0.3, -0.25) is 4.79 Å². The summed E-state index contributed by atoms with van der Waals surface area (Å²) in [6.07, 6.45) is 5.10. The highest BCUT2D eigenvalue weighted by Gasteiger charge is 2.42. The number of carbonyl (C=O) groups excluding carboxylic acids is 2. The Kier molecular flexibility index (Phi) is 7.06. The topological polar surface area (TPSA) is 83.4 Å². The molecule has 2 aromatic rings. The average Bonchev–Trinajstić information content (AvgIpc) is 3.45. The van der Waals surface area contributed by atoms with Crippen molar-refractivity contribution in [3.05, 3.63) is 54.1 Å². The first kappa shape index (κ1) is 23.0. The minimum Gasteiger partial charge on any atom is -0.452 e. The fourth-order valence-corrected chi connectivity index (χ4v) is 5.18. The number of ether oxygens (including phenoxy) is 1. The summed E-state index contributed by atoms with van der Waals surface area (Å²) in [6, 6.07) is 14.6. The Balaban J connectivity index is 1.32. The number of hydrogen-bond donors (Lipinski definition) is 1. The van der Waals surface area contributed by atoms with Gasteiger partial charge in [0, 0.05) is 25.8 Å². The summed E-state index contributed by atoms with van der Waals surface area (Å²) in [5, 5.41) is 11.5. The second kappa shape index (κ2) is 10.1. The van der Waals surface area contributed by atoms with E-state index in [0.717, 1.165) is 17.5 Å². The Morgan fingerprint density at radius 2 is 1.82 bits per heavy atom. The Bertz CT molecular complexity index is 1020. The molecule has 0 spiro atoms. The number of benzene rings is 2. The van der Waals surface area contributed by atoms with E-state index < -0.39 is 5.97 Å². The normalized spacial score (nSPS) is 22.3. The predicted octanol–water partition coefficient (Wildman–Crippen LogP) is 5.27. The van der Waals surface area contributed by atoms with Crippen LogP contribution in [0.15, 0.2) is 58.8 Å². The first-order chi connectivity index (χ1) is 15.9. The third-order valence-electron chi connectivity index (χ3n) is 6.92. The molecular weight excluding hydrogens is 416 g/mol. The maximum absolute atomic E-state index is 12.6. The minimum absolute atomic E-state index is 0.103. The van der Waals surface area contributed by atoms with Gasteiger partial charge in [0.1, 0.15) is 5.69 Å². The molecular formula is C26H32N4O3. The summed E-state index contributed by atoms with van der Waals surface area (Å²) >= 11 is 0. The monoisotopic (exact) mass is 448 g/mol. The molecule has 0 radical (unpaired) electrons. The third kappa shape index (κ3) is 5.59. The lowest BCUT2D eigenvalue weighted by Gasteiger charge is -2.28. The van der Waals surface area contributed by atoms with Crippen LogP contribution in [0.5, 0.6) is 0 Å². The second-order valence-corrected chi connectivity index (χ2v) is 9.40. The number of rotatable bonds is 8. The number of anilines is 1. The highest BCUT2D eigenvalue weighted by Crippen LogP contribution is 2.49. The molecule has 0 aromatic heterocycles. The van der Waals surface area contributed by atoms with Gasteiger partial charge in [0.25, 0.3) is 5.91 Å². The fourth-order valence-electron chi connectivity index (χ4n) is 5.18. The van der Waals surface area contributed by atoms with E-state index in [1.54, 1.807) is 24.3 Å². The molecule has 0 heterocycles. The zero-order valence-electron chi connectivity index (χ0n) is 19.5. The van der Waals surface area contributed by atoms with Crippen molar-refractivity contribution in [3.8, 4) is 0 Å². The van der Waals surface area contributed by atoms with Crippen LogP contribution in [0.2, 0.25) is 0 Å². The van der Waals surface area contributed by atoms with Crippen LogP contribution in [0.1, 0.15) is 43.0 Å². The Labute approximate surface area is 195 Å². The van der Waals surface area contributed by atoms with Crippen molar-refractivity contribution in [2.75, 3.05) is 25.6 Å². The van der Waals surface area contributed by atoms with Gasteiger partial charge in [0.2, 0.25) is 0 Å². The number of nitrogens with zero attached hydrogens (tertiary/aromatic N) is 3. The Hall–Kier alpha value is -3.22. The zero-order chi connectivity index (χ0) is 23.4. The van der Waals surface area contributed by atoms with E-state index >= 15 is 0 Å². The van der Waals surface area contributed by atoms with Crippen molar-refractivity contribution in [1.29, 1.82) is 0 Å². The van der Waals surface area contributed by atoms with Crippen LogP contribution >= 0.6 is 0 Å². The summed E-state index contributed by atoms with van der Waals surface area (Å²) in [5.41, 5.74) is 2.42. The summed E-state index contributed by atoms with van der Waals surface area (Å²) in [5.74, 6) is 1.24. The van der Waals surface area contributed by atoms with E-state index in [1.807, 2.05) is 43.3 Å². The molecule has 1 amide bonds. The largest absolute Gasteiger partial charge is 0.452 e. The standard InChI is InChI=1S/C26H32N4O3/c1-17(23-15-18-8-9-19(23)14-18)27-25(31)16-33-26(32)22-6-4-5-7-24(22)29-28-20-10-12-21(13-11-20)30(2)3/h4-7,10-13,17-19,23H,8-9,14-16H2,1-3H3,(H,27,31)/t17-,18+,19+,23-/m1/s1. The zero-order valence-corrected chi connectivity index (χ0v) is 19.5.